The highest BCUT2D eigenvalue weighted by Crippen LogP contribution is 2.19. The maximum Gasteiger partial charge on any atom is 0.0894 e. The zero-order valence-electron chi connectivity index (χ0n) is 10.3. The van der Waals surface area contributed by atoms with Crippen molar-refractivity contribution in [3.8, 4) is 5.69 Å². The van der Waals surface area contributed by atoms with E-state index < -0.39 is 0 Å². The van der Waals surface area contributed by atoms with Crippen molar-refractivity contribution in [2.24, 2.45) is 5.92 Å². The second-order valence-electron chi connectivity index (χ2n) is 4.26. The fraction of sp³-hybridized carbons (Fsp3) is 0.385. The lowest BCUT2D eigenvalue weighted by molar-refractivity contribution is 0.593. The Morgan fingerprint density at radius 3 is 2.88 bits per heavy atom. The molecule has 0 saturated heterocycles. The first-order valence-electron chi connectivity index (χ1n) is 6.01. The van der Waals surface area contributed by atoms with E-state index in [9.17, 15) is 0 Å². The maximum absolute atomic E-state index is 4.02. The van der Waals surface area contributed by atoms with Gasteiger partial charge in [0.15, 0.2) is 0 Å². The fourth-order valence-electron chi connectivity index (χ4n) is 1.59. The molecule has 1 aromatic carbocycles. The molecule has 0 saturated carbocycles. The van der Waals surface area contributed by atoms with Crippen molar-refractivity contribution in [1.29, 1.82) is 0 Å². The minimum Gasteiger partial charge on any atom is -0.383 e. The normalized spacial score (nSPS) is 12.4. The molecule has 4 heteroatoms. The third kappa shape index (κ3) is 2.84. The van der Waals surface area contributed by atoms with Gasteiger partial charge in [-0.05, 0) is 18.1 Å². The SMILES string of the molecule is CCC(C)CNc1ccccc1-n1ccnn1. The van der Waals surface area contributed by atoms with Crippen molar-refractivity contribution in [3.05, 3.63) is 36.7 Å². The van der Waals surface area contributed by atoms with E-state index in [1.54, 1.807) is 10.9 Å². The minimum absolute atomic E-state index is 0.666. The van der Waals surface area contributed by atoms with Crippen LogP contribution in [-0.2, 0) is 0 Å². The molecule has 17 heavy (non-hydrogen) atoms. The Kier molecular flexibility index (Phi) is 3.75. The Bertz CT molecular complexity index is 450. The first-order chi connectivity index (χ1) is 8.31. The summed E-state index contributed by atoms with van der Waals surface area (Å²) in [5, 5.41) is 11.3. The van der Waals surface area contributed by atoms with Gasteiger partial charge in [-0.2, -0.15) is 0 Å². The lowest BCUT2D eigenvalue weighted by Gasteiger charge is -2.14. The maximum atomic E-state index is 4.02. The van der Waals surface area contributed by atoms with Gasteiger partial charge < -0.3 is 5.32 Å². The highest BCUT2D eigenvalue weighted by Gasteiger charge is 2.05. The molecule has 0 aliphatic carbocycles. The van der Waals surface area contributed by atoms with Crippen LogP contribution in [0.1, 0.15) is 20.3 Å². The second-order valence-corrected chi connectivity index (χ2v) is 4.26. The zero-order valence-corrected chi connectivity index (χ0v) is 10.3. The van der Waals surface area contributed by atoms with Gasteiger partial charge in [-0.3, -0.25) is 0 Å². The van der Waals surface area contributed by atoms with Gasteiger partial charge >= 0.3 is 0 Å². The Hall–Kier alpha value is -1.84. The molecule has 1 atom stereocenters. The highest BCUT2D eigenvalue weighted by atomic mass is 15.4. The quantitative estimate of drug-likeness (QED) is 0.858. The van der Waals surface area contributed by atoms with Gasteiger partial charge in [0.05, 0.1) is 23.8 Å². The van der Waals surface area contributed by atoms with Gasteiger partial charge in [-0.15, -0.1) is 5.10 Å². The third-order valence-corrected chi connectivity index (χ3v) is 2.91. The number of hydrogen-bond donors (Lipinski definition) is 1. The van der Waals surface area contributed by atoms with Gasteiger partial charge in [-0.25, -0.2) is 4.68 Å². The first-order valence-corrected chi connectivity index (χ1v) is 6.01. The van der Waals surface area contributed by atoms with E-state index >= 15 is 0 Å². The molecule has 2 rings (SSSR count). The van der Waals surface area contributed by atoms with E-state index in [1.807, 2.05) is 24.4 Å². The summed E-state index contributed by atoms with van der Waals surface area (Å²) in [6, 6.07) is 8.14. The fourth-order valence-corrected chi connectivity index (χ4v) is 1.59. The number of anilines is 1. The third-order valence-electron chi connectivity index (χ3n) is 2.91. The van der Waals surface area contributed by atoms with Crippen molar-refractivity contribution in [1.82, 2.24) is 15.0 Å². The van der Waals surface area contributed by atoms with E-state index in [-0.39, 0.29) is 0 Å². The lowest BCUT2D eigenvalue weighted by Crippen LogP contribution is -2.12. The molecular formula is C13H18N4. The Morgan fingerprint density at radius 2 is 2.18 bits per heavy atom. The van der Waals surface area contributed by atoms with E-state index in [1.165, 1.54) is 6.42 Å². The summed E-state index contributed by atoms with van der Waals surface area (Å²) in [5.41, 5.74) is 2.13. The zero-order chi connectivity index (χ0) is 12.1. The number of benzene rings is 1. The number of nitrogens with one attached hydrogen (secondary N) is 1. The van der Waals surface area contributed by atoms with Crippen LogP contribution in [0.2, 0.25) is 0 Å². The summed E-state index contributed by atoms with van der Waals surface area (Å²) >= 11 is 0. The molecule has 0 bridgehead atoms. The first kappa shape index (κ1) is 11.6. The van der Waals surface area contributed by atoms with Crippen LogP contribution in [0, 0.1) is 5.92 Å². The summed E-state index contributed by atoms with van der Waals surface area (Å²) in [6.07, 6.45) is 4.72. The smallest absolute Gasteiger partial charge is 0.0894 e. The number of hydrogen-bond acceptors (Lipinski definition) is 3. The molecule has 1 N–H and O–H groups in total. The monoisotopic (exact) mass is 230 g/mol. The largest absolute Gasteiger partial charge is 0.383 e. The topological polar surface area (TPSA) is 42.7 Å². The molecular weight excluding hydrogens is 212 g/mol. The number of nitrogens with zero attached hydrogens (tertiary/aromatic N) is 3. The molecule has 1 aromatic heterocycles. The van der Waals surface area contributed by atoms with Crippen LogP contribution in [0.3, 0.4) is 0 Å². The predicted molar refractivity (Wildman–Crippen MR) is 69.3 cm³/mol. The predicted octanol–water partition coefficient (Wildman–Crippen LogP) is 2.73. The highest BCUT2D eigenvalue weighted by molar-refractivity contribution is 5.60. The van der Waals surface area contributed by atoms with Crippen molar-refractivity contribution in [3.63, 3.8) is 0 Å². The van der Waals surface area contributed by atoms with Crippen molar-refractivity contribution in [2.75, 3.05) is 11.9 Å². The van der Waals surface area contributed by atoms with Crippen LogP contribution in [0.25, 0.3) is 5.69 Å². The molecule has 2 aromatic rings. The van der Waals surface area contributed by atoms with Crippen LogP contribution in [0.15, 0.2) is 36.7 Å². The molecule has 0 amide bonds. The van der Waals surface area contributed by atoms with Gasteiger partial charge in [0, 0.05) is 6.54 Å². The average molecular weight is 230 g/mol. The van der Waals surface area contributed by atoms with E-state index in [0.29, 0.717) is 5.92 Å². The van der Waals surface area contributed by atoms with E-state index in [4.69, 9.17) is 0 Å². The minimum atomic E-state index is 0.666. The summed E-state index contributed by atoms with van der Waals surface area (Å²) in [6.45, 7) is 5.42. The number of para-hydroxylation sites is 2. The number of rotatable bonds is 5. The van der Waals surface area contributed by atoms with Crippen LogP contribution >= 0.6 is 0 Å². The van der Waals surface area contributed by atoms with E-state index in [0.717, 1.165) is 17.9 Å². The van der Waals surface area contributed by atoms with Crippen LogP contribution in [-0.4, -0.2) is 21.5 Å². The van der Waals surface area contributed by atoms with Crippen LogP contribution in [0.4, 0.5) is 5.69 Å². The summed E-state index contributed by atoms with van der Waals surface area (Å²) in [5.74, 6) is 0.666. The standard InChI is InChI=1S/C13H18N4/c1-3-11(2)10-14-12-6-4-5-7-13(12)17-9-8-15-16-17/h4-9,11,14H,3,10H2,1-2H3. The number of aromatic nitrogens is 3. The summed E-state index contributed by atoms with van der Waals surface area (Å²) in [4.78, 5) is 0. The molecule has 0 aliphatic rings. The van der Waals surface area contributed by atoms with Gasteiger partial charge in [0.25, 0.3) is 0 Å². The van der Waals surface area contributed by atoms with Gasteiger partial charge in [0.2, 0.25) is 0 Å². The molecule has 90 valence electrons. The van der Waals surface area contributed by atoms with E-state index in [2.05, 4.69) is 35.5 Å². The van der Waals surface area contributed by atoms with Crippen LogP contribution in [0.5, 0.6) is 0 Å². The summed E-state index contributed by atoms with van der Waals surface area (Å²) < 4.78 is 1.78. The average Bonchev–Trinajstić information content (AvgIpc) is 2.90. The molecule has 4 nitrogen and oxygen atoms in total. The summed E-state index contributed by atoms with van der Waals surface area (Å²) in [7, 11) is 0. The molecule has 0 radical (unpaired) electrons. The molecule has 0 spiro atoms. The Balaban J connectivity index is 2.17. The molecule has 1 heterocycles. The van der Waals surface area contributed by atoms with Crippen molar-refractivity contribution < 1.29 is 0 Å². The van der Waals surface area contributed by atoms with Crippen molar-refractivity contribution in [2.45, 2.75) is 20.3 Å². The van der Waals surface area contributed by atoms with Crippen LogP contribution < -0.4 is 5.32 Å². The molecule has 0 aliphatic heterocycles. The van der Waals surface area contributed by atoms with Crippen molar-refractivity contribution >= 4 is 5.69 Å². The Morgan fingerprint density at radius 1 is 1.35 bits per heavy atom. The Labute approximate surface area is 102 Å². The van der Waals surface area contributed by atoms with Gasteiger partial charge in [0.1, 0.15) is 0 Å². The second kappa shape index (κ2) is 5.48. The molecule has 0 fully saturated rings. The molecule has 1 unspecified atom stereocenters. The lowest BCUT2D eigenvalue weighted by atomic mass is 10.1. The van der Waals surface area contributed by atoms with Gasteiger partial charge in [-0.1, -0.05) is 37.6 Å².